The van der Waals surface area contributed by atoms with Gasteiger partial charge in [0.15, 0.2) is 0 Å². The van der Waals surface area contributed by atoms with Gasteiger partial charge in [-0.1, -0.05) is 0 Å². The second-order valence-electron chi connectivity index (χ2n) is 3.97. The van der Waals surface area contributed by atoms with E-state index >= 15 is 0 Å². The Morgan fingerprint density at radius 1 is 1.00 bits per heavy atom. The van der Waals surface area contributed by atoms with Gasteiger partial charge >= 0.3 is 0 Å². The molecule has 0 spiro atoms. The zero-order valence-corrected chi connectivity index (χ0v) is 9.18. The van der Waals surface area contributed by atoms with Gasteiger partial charge in [-0.25, -0.2) is 0 Å². The summed E-state index contributed by atoms with van der Waals surface area (Å²) in [5.41, 5.74) is 0.335. The third-order valence-electron chi connectivity index (χ3n) is 3.05. The molecule has 0 unspecified atom stereocenters. The first kappa shape index (κ1) is 8.33. The fraction of sp³-hybridized carbons (Fsp3) is 1.00. The van der Waals surface area contributed by atoms with Crippen LogP contribution in [0.1, 0.15) is 19.3 Å². The quantitative estimate of drug-likeness (QED) is 0.731. The van der Waals surface area contributed by atoms with Crippen molar-refractivity contribution in [2.24, 2.45) is 5.41 Å². The maximum atomic E-state index is 9.40. The van der Waals surface area contributed by atoms with Gasteiger partial charge in [0, 0.05) is 6.61 Å². The van der Waals surface area contributed by atoms with Crippen molar-refractivity contribution in [2.45, 2.75) is 33.0 Å². The number of aliphatic hydroxyl groups is 1. The molecule has 4 aliphatic heterocycles. The van der Waals surface area contributed by atoms with Crippen LogP contribution in [0.5, 0.6) is 0 Å². The monoisotopic (exact) mass is 220 g/mol. The summed E-state index contributed by atoms with van der Waals surface area (Å²) in [6.45, 7) is 0.429. The zero-order chi connectivity index (χ0) is 8.18. The third kappa shape index (κ3) is 1.15. The first-order valence-corrected chi connectivity index (χ1v) is 7.20. The molecule has 0 saturated carbocycles. The van der Waals surface area contributed by atoms with Crippen LogP contribution in [0.3, 0.4) is 0 Å². The molecule has 4 bridgehead atoms. The van der Waals surface area contributed by atoms with Gasteiger partial charge in [-0.15, -0.1) is 35.3 Å². The normalized spacial score (nSPS) is 56.2. The minimum atomic E-state index is 0.335. The second-order valence-corrected chi connectivity index (χ2v) is 9.09. The Hall–Kier alpha value is 1.01. The van der Waals surface area contributed by atoms with Crippen molar-refractivity contribution in [3.63, 3.8) is 0 Å². The van der Waals surface area contributed by atoms with Gasteiger partial charge in [-0.3, -0.25) is 0 Å². The van der Waals surface area contributed by atoms with Gasteiger partial charge in [0.1, 0.15) is 0 Å². The molecule has 4 fully saturated rings. The molecule has 0 atom stereocenters. The van der Waals surface area contributed by atoms with Gasteiger partial charge in [0.05, 0.1) is 13.7 Å². The van der Waals surface area contributed by atoms with Crippen molar-refractivity contribution < 1.29 is 5.11 Å². The zero-order valence-electron chi connectivity index (χ0n) is 6.73. The summed E-state index contributed by atoms with van der Waals surface area (Å²) >= 11 is 6.41. The van der Waals surface area contributed by atoms with E-state index in [0.717, 1.165) is 13.7 Å². The Bertz CT molecular complexity index is 171. The largest absolute Gasteiger partial charge is 0.396 e. The van der Waals surface area contributed by atoms with E-state index < -0.39 is 0 Å². The summed E-state index contributed by atoms with van der Waals surface area (Å²) in [6, 6.07) is 0. The van der Waals surface area contributed by atoms with Crippen LogP contribution < -0.4 is 0 Å². The molecule has 4 saturated heterocycles. The fourth-order valence-corrected chi connectivity index (χ4v) is 9.93. The summed E-state index contributed by atoms with van der Waals surface area (Å²) in [5, 5.41) is 9.40. The van der Waals surface area contributed by atoms with Gasteiger partial charge in [0.2, 0.25) is 0 Å². The number of aliphatic hydroxyl groups excluding tert-OH is 1. The van der Waals surface area contributed by atoms with Crippen LogP contribution in [0.4, 0.5) is 0 Å². The molecule has 1 nitrogen and oxygen atoms in total. The molecule has 0 aromatic carbocycles. The fourth-order valence-electron chi connectivity index (χ4n) is 2.40. The molecular weight excluding hydrogens is 208 g/mol. The lowest BCUT2D eigenvalue weighted by molar-refractivity contribution is 0.0980. The van der Waals surface area contributed by atoms with E-state index in [2.05, 4.69) is 35.3 Å². The molecule has 4 rings (SSSR count). The van der Waals surface area contributed by atoms with Gasteiger partial charge in [-0.2, -0.15) is 0 Å². The van der Waals surface area contributed by atoms with E-state index in [9.17, 15) is 5.11 Å². The number of hydrogen-bond donors (Lipinski definition) is 1. The summed E-state index contributed by atoms with van der Waals surface area (Å²) in [6.07, 6.45) is 3.77. The van der Waals surface area contributed by atoms with Gasteiger partial charge < -0.3 is 5.11 Å². The Morgan fingerprint density at radius 2 is 1.42 bits per heavy atom. The van der Waals surface area contributed by atoms with Crippen molar-refractivity contribution in [3.05, 3.63) is 0 Å². The maximum Gasteiger partial charge on any atom is 0.0530 e. The maximum absolute atomic E-state index is 9.40. The highest BCUT2D eigenvalue weighted by atomic mass is 32.3. The molecule has 0 aromatic heterocycles. The highest BCUT2D eigenvalue weighted by Crippen LogP contribution is 2.66. The number of thioether (sulfide) groups is 3. The molecule has 4 heteroatoms. The van der Waals surface area contributed by atoms with Crippen LogP contribution in [0.2, 0.25) is 0 Å². The predicted molar refractivity (Wildman–Crippen MR) is 57.5 cm³/mol. The SMILES string of the molecule is OCC12CC3SC(C1)SC(C2)S3. The highest BCUT2D eigenvalue weighted by Gasteiger charge is 2.52. The molecule has 0 aromatic rings. The molecule has 4 aliphatic rings. The Morgan fingerprint density at radius 3 is 1.75 bits per heavy atom. The summed E-state index contributed by atoms with van der Waals surface area (Å²) in [7, 11) is 0. The second kappa shape index (κ2) is 2.75. The van der Waals surface area contributed by atoms with Crippen molar-refractivity contribution in [1.29, 1.82) is 0 Å². The molecule has 0 radical (unpaired) electrons. The smallest absolute Gasteiger partial charge is 0.0530 e. The standard InChI is InChI=1S/C8H12OS3/c9-4-8-1-5-10-6(2-8)12-7(3-8)11-5/h5-7,9H,1-4H2. The predicted octanol–water partition coefficient (Wildman–Crippen LogP) is 2.35. The van der Waals surface area contributed by atoms with Crippen molar-refractivity contribution in [1.82, 2.24) is 0 Å². The summed E-state index contributed by atoms with van der Waals surface area (Å²) < 4.78 is 2.41. The summed E-state index contributed by atoms with van der Waals surface area (Å²) in [5.74, 6) is 0. The van der Waals surface area contributed by atoms with E-state index in [1.807, 2.05) is 0 Å². The molecule has 12 heavy (non-hydrogen) atoms. The van der Waals surface area contributed by atoms with E-state index in [-0.39, 0.29) is 0 Å². The lowest BCUT2D eigenvalue weighted by atomic mass is 9.79. The Balaban J connectivity index is 1.90. The lowest BCUT2D eigenvalue weighted by Crippen LogP contribution is -2.46. The molecule has 1 N–H and O–H groups in total. The van der Waals surface area contributed by atoms with Crippen LogP contribution in [0.15, 0.2) is 0 Å². The van der Waals surface area contributed by atoms with Crippen molar-refractivity contribution >= 4 is 35.3 Å². The average molecular weight is 220 g/mol. The van der Waals surface area contributed by atoms with E-state index in [0.29, 0.717) is 12.0 Å². The van der Waals surface area contributed by atoms with Crippen molar-refractivity contribution in [3.8, 4) is 0 Å². The van der Waals surface area contributed by atoms with Crippen LogP contribution in [-0.4, -0.2) is 25.5 Å². The van der Waals surface area contributed by atoms with Crippen LogP contribution in [0.25, 0.3) is 0 Å². The highest BCUT2D eigenvalue weighted by molar-refractivity contribution is 8.33. The topological polar surface area (TPSA) is 20.2 Å². The van der Waals surface area contributed by atoms with E-state index in [1.165, 1.54) is 19.3 Å². The number of hydrogen-bond acceptors (Lipinski definition) is 4. The van der Waals surface area contributed by atoms with Gasteiger partial charge in [0.25, 0.3) is 0 Å². The van der Waals surface area contributed by atoms with Gasteiger partial charge in [-0.05, 0) is 24.7 Å². The van der Waals surface area contributed by atoms with E-state index in [4.69, 9.17) is 0 Å². The molecule has 4 heterocycles. The van der Waals surface area contributed by atoms with E-state index in [1.54, 1.807) is 0 Å². The molecule has 0 aliphatic carbocycles. The van der Waals surface area contributed by atoms with Crippen LogP contribution in [0, 0.1) is 5.41 Å². The minimum absolute atomic E-state index is 0.335. The molecule has 68 valence electrons. The Kier molecular flexibility index (Phi) is 1.91. The first-order valence-electron chi connectivity index (χ1n) is 4.37. The van der Waals surface area contributed by atoms with Crippen LogP contribution >= 0.6 is 35.3 Å². The Labute approximate surface area is 85.4 Å². The first-order chi connectivity index (χ1) is 5.80. The minimum Gasteiger partial charge on any atom is -0.396 e. The average Bonchev–Trinajstić information content (AvgIpc) is 2.02. The molecule has 0 amide bonds. The lowest BCUT2D eigenvalue weighted by Gasteiger charge is -2.54. The third-order valence-corrected chi connectivity index (χ3v) is 7.87. The van der Waals surface area contributed by atoms with Crippen molar-refractivity contribution in [2.75, 3.05) is 6.61 Å². The number of rotatable bonds is 1. The molecular formula is C8H12OS3. The van der Waals surface area contributed by atoms with Crippen LogP contribution in [-0.2, 0) is 0 Å². The summed E-state index contributed by atoms with van der Waals surface area (Å²) in [4.78, 5) is 0.